The van der Waals surface area contributed by atoms with Crippen LogP contribution < -0.4 is 5.32 Å². The van der Waals surface area contributed by atoms with Crippen LogP contribution in [0.2, 0.25) is 0 Å². The lowest BCUT2D eigenvalue weighted by Crippen LogP contribution is -2.27. The molecule has 1 aromatic heterocycles. The molecule has 0 aliphatic heterocycles. The van der Waals surface area contributed by atoms with Crippen LogP contribution in [-0.4, -0.2) is 26.9 Å². The first-order chi connectivity index (χ1) is 7.25. The molecule has 0 radical (unpaired) electrons. The summed E-state index contributed by atoms with van der Waals surface area (Å²) >= 11 is 4.73. The molecule has 1 N–H and O–H groups in total. The third kappa shape index (κ3) is 2.98. The van der Waals surface area contributed by atoms with Gasteiger partial charge in [0.15, 0.2) is 0 Å². The number of amides is 1. The molecular formula is C9H12BrN3OS. The molecule has 1 aliphatic rings. The Balaban J connectivity index is 1.76. The Bertz CT molecular complexity index is 330. The van der Waals surface area contributed by atoms with E-state index in [1.807, 2.05) is 0 Å². The Morgan fingerprint density at radius 3 is 3.13 bits per heavy atom. The van der Waals surface area contributed by atoms with Crippen molar-refractivity contribution in [2.45, 2.75) is 24.1 Å². The van der Waals surface area contributed by atoms with Crippen molar-refractivity contribution < 1.29 is 4.79 Å². The highest BCUT2D eigenvalue weighted by molar-refractivity contribution is 9.09. The van der Waals surface area contributed by atoms with Gasteiger partial charge in [-0.1, -0.05) is 20.4 Å². The van der Waals surface area contributed by atoms with Crippen molar-refractivity contribution in [1.82, 2.24) is 14.9 Å². The Kier molecular flexibility index (Phi) is 3.69. The minimum absolute atomic E-state index is 0.0528. The van der Waals surface area contributed by atoms with Gasteiger partial charge in [0.05, 0.1) is 6.20 Å². The maximum Gasteiger partial charge on any atom is 0.264 e. The smallest absolute Gasteiger partial charge is 0.264 e. The zero-order valence-electron chi connectivity index (χ0n) is 8.15. The van der Waals surface area contributed by atoms with Crippen LogP contribution in [0.15, 0.2) is 6.20 Å². The highest BCUT2D eigenvalue weighted by Crippen LogP contribution is 2.30. The number of rotatable bonds is 3. The number of alkyl halides is 1. The topological polar surface area (TPSA) is 54.9 Å². The molecule has 0 spiro atoms. The van der Waals surface area contributed by atoms with Gasteiger partial charge in [-0.2, -0.15) is 0 Å². The van der Waals surface area contributed by atoms with E-state index in [9.17, 15) is 4.79 Å². The van der Waals surface area contributed by atoms with Gasteiger partial charge in [-0.25, -0.2) is 0 Å². The second kappa shape index (κ2) is 5.03. The number of nitrogens with one attached hydrogen (secondary N) is 1. The van der Waals surface area contributed by atoms with E-state index >= 15 is 0 Å². The van der Waals surface area contributed by atoms with Crippen molar-refractivity contribution in [2.24, 2.45) is 5.92 Å². The second-order valence-corrected chi connectivity index (χ2v) is 5.85. The monoisotopic (exact) mass is 289 g/mol. The number of carbonyl (C=O) groups is 1. The van der Waals surface area contributed by atoms with Crippen LogP contribution in [0.3, 0.4) is 0 Å². The van der Waals surface area contributed by atoms with Crippen LogP contribution in [0.1, 0.15) is 28.9 Å². The summed E-state index contributed by atoms with van der Waals surface area (Å²) in [5.74, 6) is 0.558. The molecule has 1 saturated carbocycles. The van der Waals surface area contributed by atoms with Gasteiger partial charge in [0, 0.05) is 11.4 Å². The van der Waals surface area contributed by atoms with Crippen molar-refractivity contribution in [3.05, 3.63) is 11.1 Å². The van der Waals surface area contributed by atoms with Gasteiger partial charge in [-0.15, -0.1) is 5.10 Å². The molecule has 15 heavy (non-hydrogen) atoms. The normalized spacial score (nSPS) is 25.4. The van der Waals surface area contributed by atoms with Crippen LogP contribution in [0.4, 0.5) is 0 Å². The summed E-state index contributed by atoms with van der Waals surface area (Å²) in [5, 5.41) is 6.55. The van der Waals surface area contributed by atoms with E-state index in [2.05, 4.69) is 30.8 Å². The standard InChI is InChI=1S/C9H12BrN3OS/c10-7-2-1-6(3-7)4-11-9(14)8-5-12-13-15-8/h5-7H,1-4H2,(H,11,14). The Hall–Kier alpha value is -0.490. The fourth-order valence-electron chi connectivity index (χ4n) is 1.79. The molecule has 2 atom stereocenters. The van der Waals surface area contributed by atoms with E-state index in [1.54, 1.807) is 0 Å². The summed E-state index contributed by atoms with van der Waals surface area (Å²) in [5.41, 5.74) is 0. The summed E-state index contributed by atoms with van der Waals surface area (Å²) in [6, 6.07) is 0. The van der Waals surface area contributed by atoms with E-state index in [-0.39, 0.29) is 5.91 Å². The third-order valence-electron chi connectivity index (χ3n) is 2.61. The average molecular weight is 290 g/mol. The van der Waals surface area contributed by atoms with E-state index < -0.39 is 0 Å². The SMILES string of the molecule is O=C(NCC1CCC(Br)C1)c1cnns1. The largest absolute Gasteiger partial charge is 0.351 e. The maximum atomic E-state index is 11.6. The second-order valence-electron chi connectivity index (χ2n) is 3.77. The zero-order chi connectivity index (χ0) is 10.7. The summed E-state index contributed by atoms with van der Waals surface area (Å²) in [7, 11) is 0. The Labute approximate surface area is 101 Å². The van der Waals surface area contributed by atoms with Gasteiger partial charge in [0.2, 0.25) is 0 Å². The summed E-state index contributed by atoms with van der Waals surface area (Å²) < 4.78 is 3.66. The first-order valence-electron chi connectivity index (χ1n) is 4.95. The van der Waals surface area contributed by atoms with Crippen molar-refractivity contribution in [3.8, 4) is 0 Å². The molecule has 6 heteroatoms. The number of halogens is 1. The lowest BCUT2D eigenvalue weighted by Gasteiger charge is -2.09. The molecule has 1 heterocycles. The van der Waals surface area contributed by atoms with Gasteiger partial charge >= 0.3 is 0 Å². The summed E-state index contributed by atoms with van der Waals surface area (Å²) in [6.07, 6.45) is 5.06. The molecule has 82 valence electrons. The maximum absolute atomic E-state index is 11.6. The molecule has 2 rings (SSSR count). The van der Waals surface area contributed by atoms with Crippen molar-refractivity contribution in [3.63, 3.8) is 0 Å². The minimum Gasteiger partial charge on any atom is -0.351 e. The quantitative estimate of drug-likeness (QED) is 0.864. The number of carbonyl (C=O) groups excluding carboxylic acids is 1. The molecule has 0 bridgehead atoms. The van der Waals surface area contributed by atoms with Crippen molar-refractivity contribution >= 4 is 33.4 Å². The number of aromatic nitrogens is 2. The first kappa shape index (κ1) is 11.0. The first-order valence-corrected chi connectivity index (χ1v) is 6.64. The number of hydrogen-bond acceptors (Lipinski definition) is 4. The molecule has 1 aromatic rings. The third-order valence-corrected chi connectivity index (χ3v) is 4.11. The molecular weight excluding hydrogens is 278 g/mol. The predicted molar refractivity (Wildman–Crippen MR) is 62.3 cm³/mol. The predicted octanol–water partition coefficient (Wildman–Crippen LogP) is 1.83. The van der Waals surface area contributed by atoms with Crippen LogP contribution in [0.5, 0.6) is 0 Å². The number of hydrogen-bond donors (Lipinski definition) is 1. The lowest BCUT2D eigenvalue weighted by atomic mass is 10.1. The molecule has 0 saturated heterocycles. The van der Waals surface area contributed by atoms with Gasteiger partial charge in [0.1, 0.15) is 4.88 Å². The van der Waals surface area contributed by atoms with Crippen LogP contribution in [0, 0.1) is 5.92 Å². The molecule has 4 nitrogen and oxygen atoms in total. The molecule has 2 unspecified atom stereocenters. The Morgan fingerprint density at radius 2 is 2.53 bits per heavy atom. The van der Waals surface area contributed by atoms with E-state index in [4.69, 9.17) is 0 Å². The van der Waals surface area contributed by atoms with Crippen molar-refractivity contribution in [1.29, 1.82) is 0 Å². The van der Waals surface area contributed by atoms with Crippen molar-refractivity contribution in [2.75, 3.05) is 6.54 Å². The van der Waals surface area contributed by atoms with Crippen LogP contribution >= 0.6 is 27.5 Å². The molecule has 1 aliphatic carbocycles. The molecule has 1 amide bonds. The fraction of sp³-hybridized carbons (Fsp3) is 0.667. The minimum atomic E-state index is -0.0528. The van der Waals surface area contributed by atoms with E-state index in [1.165, 1.54) is 19.0 Å². The van der Waals surface area contributed by atoms with Crippen LogP contribution in [0.25, 0.3) is 0 Å². The van der Waals surface area contributed by atoms with Gasteiger partial charge in [0.25, 0.3) is 5.91 Å². The van der Waals surface area contributed by atoms with E-state index in [0.29, 0.717) is 15.6 Å². The fourth-order valence-corrected chi connectivity index (χ4v) is 3.02. The lowest BCUT2D eigenvalue weighted by molar-refractivity contribution is 0.0951. The summed E-state index contributed by atoms with van der Waals surface area (Å²) in [6.45, 7) is 0.763. The Morgan fingerprint density at radius 1 is 1.67 bits per heavy atom. The molecule has 1 fully saturated rings. The van der Waals surface area contributed by atoms with Gasteiger partial charge < -0.3 is 5.32 Å². The molecule has 0 aromatic carbocycles. The zero-order valence-corrected chi connectivity index (χ0v) is 10.6. The van der Waals surface area contributed by atoms with E-state index in [0.717, 1.165) is 24.5 Å². The van der Waals surface area contributed by atoms with Crippen LogP contribution in [-0.2, 0) is 0 Å². The van der Waals surface area contributed by atoms with Gasteiger partial charge in [-0.05, 0) is 36.7 Å². The number of nitrogens with zero attached hydrogens (tertiary/aromatic N) is 2. The van der Waals surface area contributed by atoms with Gasteiger partial charge in [-0.3, -0.25) is 4.79 Å². The summed E-state index contributed by atoms with van der Waals surface area (Å²) in [4.78, 5) is 12.8. The highest BCUT2D eigenvalue weighted by atomic mass is 79.9. The highest BCUT2D eigenvalue weighted by Gasteiger charge is 2.23. The average Bonchev–Trinajstić information content (AvgIpc) is 2.84.